The highest BCUT2D eigenvalue weighted by atomic mass is 16.4. The molecule has 27 heavy (non-hydrogen) atoms. The van der Waals surface area contributed by atoms with Crippen molar-refractivity contribution in [3.8, 4) is 0 Å². The Morgan fingerprint density at radius 1 is 1.30 bits per heavy atom. The number of oxime groups is 1. The number of nitrogens with one attached hydrogen (secondary N) is 1. The van der Waals surface area contributed by atoms with Crippen molar-refractivity contribution in [3.05, 3.63) is 41.0 Å². The standard InChI is InChI=1S/C21H25N3O3/c25-19(12-14-10-15-4-1-2-5-16(15)11-14)18-7-8-22-20(18)21(26)24-9-3-6-17(24)13-23-27/h1-2,4-5,10,13,17-18,20,22,27H,3,6-9,11-12H2/t17-,18?,20+/m0/s1. The second-order valence-corrected chi connectivity index (χ2v) is 7.65. The number of likely N-dealkylation sites (tertiary alicyclic amines) is 1. The third kappa shape index (κ3) is 3.54. The van der Waals surface area contributed by atoms with Gasteiger partial charge >= 0.3 is 0 Å². The second kappa shape index (κ2) is 7.64. The lowest BCUT2D eigenvalue weighted by atomic mass is 9.90. The minimum Gasteiger partial charge on any atom is -0.411 e. The van der Waals surface area contributed by atoms with Crippen LogP contribution in [0.25, 0.3) is 6.08 Å². The van der Waals surface area contributed by atoms with Crippen molar-refractivity contribution >= 4 is 24.0 Å². The summed E-state index contributed by atoms with van der Waals surface area (Å²) in [4.78, 5) is 27.7. The summed E-state index contributed by atoms with van der Waals surface area (Å²) in [5.41, 5.74) is 3.59. The quantitative estimate of drug-likeness (QED) is 0.474. The van der Waals surface area contributed by atoms with Crippen LogP contribution in [-0.2, 0) is 16.0 Å². The molecule has 1 aromatic rings. The van der Waals surface area contributed by atoms with E-state index in [9.17, 15) is 9.59 Å². The van der Waals surface area contributed by atoms with Crippen LogP contribution in [-0.4, -0.2) is 53.2 Å². The smallest absolute Gasteiger partial charge is 0.241 e. The molecule has 1 aliphatic carbocycles. The van der Waals surface area contributed by atoms with Gasteiger partial charge in [-0.2, -0.15) is 0 Å². The highest BCUT2D eigenvalue weighted by Gasteiger charge is 2.41. The van der Waals surface area contributed by atoms with Crippen molar-refractivity contribution in [1.29, 1.82) is 0 Å². The average Bonchev–Trinajstić information content (AvgIpc) is 3.40. The molecular formula is C21H25N3O3. The summed E-state index contributed by atoms with van der Waals surface area (Å²) >= 11 is 0. The number of hydrogen-bond acceptors (Lipinski definition) is 5. The molecule has 0 bridgehead atoms. The first-order chi connectivity index (χ1) is 13.2. The maximum absolute atomic E-state index is 13.0. The van der Waals surface area contributed by atoms with Crippen LogP contribution in [0.1, 0.15) is 36.8 Å². The van der Waals surface area contributed by atoms with Gasteiger partial charge in [0.25, 0.3) is 0 Å². The maximum Gasteiger partial charge on any atom is 0.241 e. The van der Waals surface area contributed by atoms with Crippen molar-refractivity contribution in [3.63, 3.8) is 0 Å². The first-order valence-electron chi connectivity index (χ1n) is 9.69. The van der Waals surface area contributed by atoms with Gasteiger partial charge in [-0.15, -0.1) is 0 Å². The lowest BCUT2D eigenvalue weighted by Crippen LogP contribution is -2.50. The van der Waals surface area contributed by atoms with Gasteiger partial charge in [0.2, 0.25) is 5.91 Å². The number of benzene rings is 1. The van der Waals surface area contributed by atoms with Crippen LogP contribution in [0, 0.1) is 5.92 Å². The zero-order valence-electron chi connectivity index (χ0n) is 15.3. The predicted molar refractivity (Wildman–Crippen MR) is 103 cm³/mol. The van der Waals surface area contributed by atoms with Crippen LogP contribution in [0.4, 0.5) is 0 Å². The number of hydrogen-bond donors (Lipinski definition) is 2. The molecule has 142 valence electrons. The van der Waals surface area contributed by atoms with Crippen LogP contribution >= 0.6 is 0 Å². The summed E-state index contributed by atoms with van der Waals surface area (Å²) in [6.45, 7) is 1.33. The molecule has 0 radical (unpaired) electrons. The van der Waals surface area contributed by atoms with Gasteiger partial charge in [-0.25, -0.2) is 0 Å². The summed E-state index contributed by atoms with van der Waals surface area (Å²) in [5.74, 6) is -0.185. The van der Waals surface area contributed by atoms with Gasteiger partial charge in [0.05, 0.1) is 18.3 Å². The zero-order chi connectivity index (χ0) is 18.8. The Kier molecular flexibility index (Phi) is 5.07. The maximum atomic E-state index is 13.0. The number of amides is 1. The molecule has 0 saturated carbocycles. The van der Waals surface area contributed by atoms with Crippen LogP contribution in [0.15, 0.2) is 35.0 Å². The Morgan fingerprint density at radius 2 is 2.15 bits per heavy atom. The molecule has 2 N–H and O–H groups in total. The average molecular weight is 367 g/mol. The first-order valence-corrected chi connectivity index (χ1v) is 9.69. The SMILES string of the molecule is O=C(CC1=Cc2ccccc2C1)C1CCN[C@H]1C(=O)N1CCC[C@H]1C=NO. The molecule has 1 amide bonds. The Balaban J connectivity index is 1.42. The van der Waals surface area contributed by atoms with E-state index >= 15 is 0 Å². The van der Waals surface area contributed by atoms with E-state index in [0.717, 1.165) is 24.8 Å². The largest absolute Gasteiger partial charge is 0.411 e. The number of rotatable bonds is 5. The molecule has 2 saturated heterocycles. The summed E-state index contributed by atoms with van der Waals surface area (Å²) in [7, 11) is 0. The van der Waals surface area contributed by atoms with Crippen molar-refractivity contribution in [2.24, 2.45) is 11.1 Å². The fraction of sp³-hybridized carbons (Fsp3) is 0.476. The Hall–Kier alpha value is -2.47. The summed E-state index contributed by atoms with van der Waals surface area (Å²) in [6, 6.07) is 7.57. The van der Waals surface area contributed by atoms with Crippen molar-refractivity contribution in [1.82, 2.24) is 10.2 Å². The van der Waals surface area contributed by atoms with E-state index in [2.05, 4.69) is 28.7 Å². The molecular weight excluding hydrogens is 342 g/mol. The lowest BCUT2D eigenvalue weighted by molar-refractivity contribution is -0.137. The van der Waals surface area contributed by atoms with Gasteiger partial charge in [-0.1, -0.05) is 41.1 Å². The lowest BCUT2D eigenvalue weighted by Gasteiger charge is -2.27. The molecule has 1 unspecified atom stereocenters. The van der Waals surface area contributed by atoms with E-state index in [1.165, 1.54) is 17.3 Å². The van der Waals surface area contributed by atoms with Crippen LogP contribution in [0.2, 0.25) is 0 Å². The molecule has 2 fully saturated rings. The minimum absolute atomic E-state index is 0.0445. The van der Waals surface area contributed by atoms with Gasteiger partial charge in [0.15, 0.2) is 0 Å². The second-order valence-electron chi connectivity index (χ2n) is 7.65. The number of Topliss-reactive ketones (excluding diaryl/α,β-unsaturated/α-hetero) is 1. The fourth-order valence-corrected chi connectivity index (χ4v) is 4.61. The topological polar surface area (TPSA) is 82.0 Å². The molecule has 4 rings (SSSR count). The normalized spacial score (nSPS) is 27.2. The molecule has 3 aliphatic rings. The van der Waals surface area contributed by atoms with Gasteiger partial charge in [-0.05, 0) is 43.4 Å². The summed E-state index contributed by atoms with van der Waals surface area (Å²) in [6.07, 6.45) is 7.14. The summed E-state index contributed by atoms with van der Waals surface area (Å²) < 4.78 is 0. The van der Waals surface area contributed by atoms with Gasteiger partial charge in [-0.3, -0.25) is 9.59 Å². The number of carbonyl (C=O) groups is 2. The molecule has 6 nitrogen and oxygen atoms in total. The van der Waals surface area contributed by atoms with E-state index < -0.39 is 6.04 Å². The van der Waals surface area contributed by atoms with Gasteiger partial charge in [0.1, 0.15) is 5.78 Å². The molecule has 1 aromatic carbocycles. The van der Waals surface area contributed by atoms with Crippen LogP contribution in [0.5, 0.6) is 0 Å². The van der Waals surface area contributed by atoms with E-state index in [4.69, 9.17) is 5.21 Å². The fourth-order valence-electron chi connectivity index (χ4n) is 4.61. The number of fused-ring (bicyclic) bond motifs is 1. The van der Waals surface area contributed by atoms with Crippen molar-refractivity contribution in [2.75, 3.05) is 13.1 Å². The van der Waals surface area contributed by atoms with E-state index in [-0.39, 0.29) is 23.7 Å². The Labute approximate surface area is 158 Å². The van der Waals surface area contributed by atoms with Crippen LogP contribution in [0.3, 0.4) is 0 Å². The van der Waals surface area contributed by atoms with E-state index in [1.807, 2.05) is 12.1 Å². The van der Waals surface area contributed by atoms with Crippen molar-refractivity contribution < 1.29 is 14.8 Å². The molecule has 0 spiro atoms. The van der Waals surface area contributed by atoms with Gasteiger partial charge < -0.3 is 15.4 Å². The van der Waals surface area contributed by atoms with E-state index in [0.29, 0.717) is 25.9 Å². The molecule has 2 aliphatic heterocycles. The highest BCUT2D eigenvalue weighted by Crippen LogP contribution is 2.30. The zero-order valence-corrected chi connectivity index (χ0v) is 15.3. The number of carbonyl (C=O) groups excluding carboxylic acids is 2. The van der Waals surface area contributed by atoms with Crippen molar-refractivity contribution in [2.45, 2.75) is 44.2 Å². The third-order valence-electron chi connectivity index (χ3n) is 5.96. The molecule has 6 heteroatoms. The summed E-state index contributed by atoms with van der Waals surface area (Å²) in [5, 5.41) is 15.2. The molecule has 3 atom stereocenters. The number of nitrogens with zero attached hydrogens (tertiary/aromatic N) is 2. The Morgan fingerprint density at radius 3 is 2.96 bits per heavy atom. The van der Waals surface area contributed by atoms with E-state index in [1.54, 1.807) is 4.90 Å². The van der Waals surface area contributed by atoms with Gasteiger partial charge in [0, 0.05) is 18.9 Å². The number of allylic oxidation sites excluding steroid dienone is 1. The monoisotopic (exact) mass is 367 g/mol. The molecule has 0 aromatic heterocycles. The predicted octanol–water partition coefficient (Wildman–Crippen LogP) is 2.01. The minimum atomic E-state index is -0.463. The highest BCUT2D eigenvalue weighted by molar-refractivity contribution is 5.94. The third-order valence-corrected chi connectivity index (χ3v) is 5.96. The molecule has 2 heterocycles. The van der Waals surface area contributed by atoms with Crippen LogP contribution < -0.4 is 5.32 Å². The number of ketones is 1. The Bertz CT molecular complexity index is 802. The first kappa shape index (κ1) is 17.9.